The zero-order chi connectivity index (χ0) is 35.4. The van der Waals surface area contributed by atoms with Crippen molar-refractivity contribution >= 4 is 80.3 Å². The van der Waals surface area contributed by atoms with Gasteiger partial charge in [-0.1, -0.05) is 65.4 Å². The summed E-state index contributed by atoms with van der Waals surface area (Å²) in [6, 6.07) is 13.9. The average molecular weight is 749 g/mol. The Labute approximate surface area is 294 Å². The first-order valence-corrected chi connectivity index (χ1v) is 16.1. The first-order chi connectivity index (χ1) is 23.2. The van der Waals surface area contributed by atoms with Gasteiger partial charge in [0.1, 0.15) is 0 Å². The van der Waals surface area contributed by atoms with Crippen LogP contribution in [0.3, 0.4) is 0 Å². The molecule has 1 aliphatic heterocycles. The average Bonchev–Trinajstić information content (AvgIpc) is 3.55. The normalized spacial score (nSPS) is 14.4. The van der Waals surface area contributed by atoms with Gasteiger partial charge in [0.05, 0.1) is 29.8 Å². The quantitative estimate of drug-likeness (QED) is 0.130. The molecule has 0 aliphatic carbocycles. The van der Waals surface area contributed by atoms with Crippen LogP contribution in [0.25, 0.3) is 17.2 Å². The number of thiocarbonyl (C=S) groups is 1. The summed E-state index contributed by atoms with van der Waals surface area (Å²) in [5.74, 6) is -0.195. The zero-order valence-corrected chi connectivity index (χ0v) is 28.7. The van der Waals surface area contributed by atoms with Crippen molar-refractivity contribution in [3.05, 3.63) is 113 Å². The molecule has 0 bridgehead atoms. The molecule has 2 aromatic heterocycles. The van der Waals surface area contributed by atoms with E-state index in [0.29, 0.717) is 21.2 Å². The number of methoxy groups -OCH3 is 1. The molecule has 0 saturated carbocycles. The first-order valence-electron chi connectivity index (χ1n) is 14.1. The van der Waals surface area contributed by atoms with Crippen LogP contribution in [0.15, 0.2) is 75.2 Å². The van der Waals surface area contributed by atoms with Crippen LogP contribution in [0.5, 0.6) is 17.5 Å². The summed E-state index contributed by atoms with van der Waals surface area (Å²) in [4.78, 5) is 45.0. The number of carbonyl (C=O) groups excluding carboxylic acids is 1. The number of imidazole rings is 1. The van der Waals surface area contributed by atoms with Crippen LogP contribution in [0, 0.1) is 0 Å². The van der Waals surface area contributed by atoms with E-state index in [1.54, 1.807) is 36.4 Å². The lowest BCUT2D eigenvalue weighted by Crippen LogP contribution is -2.37. The van der Waals surface area contributed by atoms with E-state index < -0.39 is 28.9 Å². The summed E-state index contributed by atoms with van der Waals surface area (Å²) in [6.45, 7) is 0.0312. The van der Waals surface area contributed by atoms with Gasteiger partial charge in [-0.05, 0) is 59.7 Å². The Balaban J connectivity index is 1.36. The maximum absolute atomic E-state index is 13.3. The number of anilines is 1. The molecule has 10 nitrogen and oxygen atoms in total. The Morgan fingerprint density at radius 2 is 1.73 bits per heavy atom. The van der Waals surface area contributed by atoms with Crippen LogP contribution < -0.4 is 25.6 Å². The standard InChI is InChI=1S/C32H22Cl2F3N5O5S2/c1-39-26-25(28(44)40(2)30(39)45)41(15-17-8-9-19(33)14-21(17)34)29(38-26)47-22-10-7-16(11-23(22)46-3)12-24-27(43)42(31(48)49-24)20-6-4-5-18(13-20)32(35,36)37/h4-14H,15H2,1-3H3. The van der Waals surface area contributed by atoms with Crippen molar-refractivity contribution < 1.29 is 27.4 Å². The molecular weight excluding hydrogens is 726 g/mol. The van der Waals surface area contributed by atoms with Crippen LogP contribution in [0.2, 0.25) is 10.0 Å². The number of halogens is 5. The third kappa shape index (κ3) is 6.46. The maximum Gasteiger partial charge on any atom is 0.416 e. The van der Waals surface area contributed by atoms with E-state index in [0.717, 1.165) is 33.4 Å². The highest BCUT2D eigenvalue weighted by Crippen LogP contribution is 2.40. The van der Waals surface area contributed by atoms with Crippen molar-refractivity contribution in [1.82, 2.24) is 18.7 Å². The Hall–Kier alpha value is -4.57. The number of aryl methyl sites for hydroxylation is 1. The van der Waals surface area contributed by atoms with Gasteiger partial charge in [0.25, 0.3) is 11.5 Å². The van der Waals surface area contributed by atoms with Crippen LogP contribution in [0.1, 0.15) is 16.7 Å². The van der Waals surface area contributed by atoms with Crippen molar-refractivity contribution in [2.45, 2.75) is 12.7 Å². The molecule has 0 unspecified atom stereocenters. The predicted molar refractivity (Wildman–Crippen MR) is 186 cm³/mol. The molecule has 5 aromatic rings. The molecule has 252 valence electrons. The number of rotatable bonds is 7. The summed E-state index contributed by atoms with van der Waals surface area (Å²) in [5, 5.41) is 0.754. The van der Waals surface area contributed by atoms with E-state index in [9.17, 15) is 27.6 Å². The van der Waals surface area contributed by atoms with E-state index in [1.807, 2.05) is 0 Å². The molecule has 1 saturated heterocycles. The number of benzene rings is 3. The van der Waals surface area contributed by atoms with E-state index in [2.05, 4.69) is 4.98 Å². The smallest absolute Gasteiger partial charge is 0.416 e. The van der Waals surface area contributed by atoms with Crippen molar-refractivity contribution in [3.63, 3.8) is 0 Å². The first kappa shape index (κ1) is 34.3. The molecular formula is C32H22Cl2F3N5O5S2. The third-order valence-electron chi connectivity index (χ3n) is 7.57. The molecule has 1 fully saturated rings. The van der Waals surface area contributed by atoms with Crippen LogP contribution in [-0.2, 0) is 31.6 Å². The predicted octanol–water partition coefficient (Wildman–Crippen LogP) is 7.01. The van der Waals surface area contributed by atoms with Gasteiger partial charge in [-0.3, -0.25) is 28.2 Å². The Bertz CT molecular complexity index is 2350. The summed E-state index contributed by atoms with van der Waals surface area (Å²) in [6.07, 6.45) is -3.07. The molecule has 1 aliphatic rings. The number of fused-ring (bicyclic) bond motifs is 1. The number of hydrogen-bond acceptors (Lipinski definition) is 8. The summed E-state index contributed by atoms with van der Waals surface area (Å²) < 4.78 is 55.4. The molecule has 0 N–H and O–H groups in total. The number of alkyl halides is 3. The number of nitrogens with zero attached hydrogens (tertiary/aromatic N) is 5. The fraction of sp³-hybridized carbons (Fsp3) is 0.156. The molecule has 6 rings (SSSR count). The molecule has 0 spiro atoms. The highest BCUT2D eigenvalue weighted by atomic mass is 35.5. The number of amides is 1. The van der Waals surface area contributed by atoms with Crippen molar-refractivity contribution in [2.24, 2.45) is 14.1 Å². The van der Waals surface area contributed by atoms with Gasteiger partial charge < -0.3 is 9.47 Å². The van der Waals surface area contributed by atoms with Gasteiger partial charge in [-0.2, -0.15) is 18.2 Å². The zero-order valence-electron chi connectivity index (χ0n) is 25.5. The van der Waals surface area contributed by atoms with Gasteiger partial charge in [0.2, 0.25) is 0 Å². The lowest BCUT2D eigenvalue weighted by Gasteiger charge is -2.16. The second kappa shape index (κ2) is 13.0. The highest BCUT2D eigenvalue weighted by Gasteiger charge is 2.36. The fourth-order valence-electron chi connectivity index (χ4n) is 5.09. The van der Waals surface area contributed by atoms with E-state index in [1.165, 1.54) is 48.5 Å². The molecule has 0 atom stereocenters. The number of hydrogen-bond donors (Lipinski definition) is 0. The largest absolute Gasteiger partial charge is 0.493 e. The number of aromatic nitrogens is 4. The Kier molecular flexibility index (Phi) is 9.13. The molecule has 49 heavy (non-hydrogen) atoms. The second-order valence-electron chi connectivity index (χ2n) is 10.7. The van der Waals surface area contributed by atoms with Gasteiger partial charge in [-0.15, -0.1) is 0 Å². The minimum atomic E-state index is -4.59. The van der Waals surface area contributed by atoms with Crippen molar-refractivity contribution in [2.75, 3.05) is 12.0 Å². The highest BCUT2D eigenvalue weighted by molar-refractivity contribution is 8.27. The third-order valence-corrected chi connectivity index (χ3v) is 9.46. The van der Waals surface area contributed by atoms with Crippen LogP contribution >= 0.6 is 47.2 Å². The van der Waals surface area contributed by atoms with E-state index in [-0.39, 0.29) is 50.1 Å². The lowest BCUT2D eigenvalue weighted by atomic mass is 10.1. The van der Waals surface area contributed by atoms with Crippen molar-refractivity contribution in [1.29, 1.82) is 0 Å². The van der Waals surface area contributed by atoms with E-state index in [4.69, 9.17) is 44.9 Å². The number of carbonyl (C=O) groups is 1. The molecule has 3 heterocycles. The minimum Gasteiger partial charge on any atom is -0.493 e. The number of thioether (sulfide) groups is 1. The van der Waals surface area contributed by atoms with Crippen LogP contribution in [-0.4, -0.2) is 36.0 Å². The van der Waals surface area contributed by atoms with Gasteiger partial charge in [-0.25, -0.2) is 4.79 Å². The topological polar surface area (TPSA) is 101 Å². The maximum atomic E-state index is 13.3. The van der Waals surface area contributed by atoms with Crippen LogP contribution in [0.4, 0.5) is 18.9 Å². The van der Waals surface area contributed by atoms with Gasteiger partial charge >= 0.3 is 17.9 Å². The Morgan fingerprint density at radius 1 is 0.980 bits per heavy atom. The lowest BCUT2D eigenvalue weighted by molar-refractivity contribution is -0.137. The number of ether oxygens (including phenoxy) is 2. The summed E-state index contributed by atoms with van der Waals surface area (Å²) in [5.41, 5.74) is -0.847. The summed E-state index contributed by atoms with van der Waals surface area (Å²) in [7, 11) is 4.23. The Morgan fingerprint density at radius 3 is 2.43 bits per heavy atom. The minimum absolute atomic E-state index is 0.00263. The molecule has 17 heteroatoms. The monoisotopic (exact) mass is 747 g/mol. The van der Waals surface area contributed by atoms with Crippen molar-refractivity contribution in [3.8, 4) is 17.5 Å². The van der Waals surface area contributed by atoms with E-state index >= 15 is 0 Å². The molecule has 0 radical (unpaired) electrons. The fourth-order valence-corrected chi connectivity index (χ4v) is 6.86. The molecule has 3 aromatic carbocycles. The molecule has 1 amide bonds. The van der Waals surface area contributed by atoms with Gasteiger partial charge in [0.15, 0.2) is 27.0 Å². The van der Waals surface area contributed by atoms with Gasteiger partial charge in [0, 0.05) is 24.1 Å². The SMILES string of the molecule is COc1cc(C=C2SC(=S)N(c3cccc(C(F)(F)F)c3)C2=O)ccc1Oc1nc2c(c(=O)n(C)c(=O)n2C)n1Cc1ccc(Cl)cc1Cl. The summed E-state index contributed by atoms with van der Waals surface area (Å²) >= 11 is 18.8. The second-order valence-corrected chi connectivity index (χ2v) is 13.2.